The van der Waals surface area contributed by atoms with Crippen LogP contribution in [0, 0.1) is 12.8 Å². The zero-order valence-corrected chi connectivity index (χ0v) is 21.7. The van der Waals surface area contributed by atoms with Gasteiger partial charge in [0.15, 0.2) is 15.7 Å². The third kappa shape index (κ3) is 6.32. The second-order valence-corrected chi connectivity index (χ2v) is 11.1. The molecule has 1 saturated carbocycles. The number of anilines is 2. The standard InChI is InChI=1S/C21H26N6O4S.C2HF3O2/c1-11-8-16(32(30,31)10-13-4-3-5-13)18(22)21(29)27(11)19-14(9-24-12(2)28)6-7-15-17(19)20(23)26-25-15;3-2(4,5)1(6)7/h6-8,13H,3-5,9-10,22H2,1-2H3,(H,24,28)(H3,23,25,26);(H,6,7). The Kier molecular flexibility index (Phi) is 8.28. The average molecular weight is 573 g/mol. The molecule has 1 fully saturated rings. The largest absolute Gasteiger partial charge is 0.490 e. The Morgan fingerprint density at radius 2 is 1.87 bits per heavy atom. The Bertz CT molecular complexity index is 1590. The van der Waals surface area contributed by atoms with Crippen LogP contribution in [-0.2, 0) is 26.0 Å². The Labute approximate surface area is 220 Å². The molecule has 1 aliphatic carbocycles. The van der Waals surface area contributed by atoms with Crippen molar-refractivity contribution in [3.05, 3.63) is 39.8 Å². The number of nitrogens with zero attached hydrogens (tertiary/aromatic N) is 2. The third-order valence-electron chi connectivity index (χ3n) is 6.21. The number of amides is 1. The summed E-state index contributed by atoms with van der Waals surface area (Å²) in [5.41, 5.74) is 13.2. The van der Waals surface area contributed by atoms with Crippen molar-refractivity contribution in [3.8, 4) is 5.69 Å². The van der Waals surface area contributed by atoms with Crippen LogP contribution < -0.4 is 22.3 Å². The van der Waals surface area contributed by atoms with Crippen molar-refractivity contribution in [3.63, 3.8) is 0 Å². The van der Waals surface area contributed by atoms with Crippen LogP contribution in [-0.4, -0.2) is 52.1 Å². The molecule has 16 heteroatoms. The molecule has 0 aliphatic heterocycles. The lowest BCUT2D eigenvalue weighted by molar-refractivity contribution is -0.192. The molecular formula is C23H27F3N6O6S. The van der Waals surface area contributed by atoms with Gasteiger partial charge in [0.05, 0.1) is 27.2 Å². The second kappa shape index (κ2) is 11.0. The number of aryl methyl sites for hydroxylation is 1. The number of alkyl halides is 3. The number of benzene rings is 1. The monoisotopic (exact) mass is 572 g/mol. The fourth-order valence-electron chi connectivity index (χ4n) is 4.09. The summed E-state index contributed by atoms with van der Waals surface area (Å²) >= 11 is 0. The Hall–Kier alpha value is -4.08. The number of halogens is 3. The first kappa shape index (κ1) is 29.5. The molecule has 1 amide bonds. The lowest BCUT2D eigenvalue weighted by atomic mass is 9.87. The number of aliphatic carboxylic acids is 1. The molecule has 39 heavy (non-hydrogen) atoms. The van der Waals surface area contributed by atoms with Gasteiger partial charge in [0, 0.05) is 19.2 Å². The van der Waals surface area contributed by atoms with E-state index in [0.29, 0.717) is 27.8 Å². The Balaban J connectivity index is 0.000000532. The molecule has 2 aromatic heterocycles. The van der Waals surface area contributed by atoms with Crippen molar-refractivity contribution in [1.29, 1.82) is 0 Å². The molecule has 212 valence electrons. The van der Waals surface area contributed by atoms with Crippen molar-refractivity contribution in [2.24, 2.45) is 5.92 Å². The summed E-state index contributed by atoms with van der Waals surface area (Å²) in [7, 11) is -3.70. The van der Waals surface area contributed by atoms with Crippen molar-refractivity contribution in [2.75, 3.05) is 17.2 Å². The van der Waals surface area contributed by atoms with E-state index in [1.165, 1.54) is 17.6 Å². The molecule has 0 bridgehead atoms. The van der Waals surface area contributed by atoms with Crippen molar-refractivity contribution < 1.29 is 36.3 Å². The molecule has 0 unspecified atom stereocenters. The summed E-state index contributed by atoms with van der Waals surface area (Å²) < 4.78 is 59.0. The number of pyridine rings is 1. The summed E-state index contributed by atoms with van der Waals surface area (Å²) in [5, 5.41) is 17.2. The Morgan fingerprint density at radius 3 is 2.38 bits per heavy atom. The van der Waals surface area contributed by atoms with Gasteiger partial charge in [0.2, 0.25) is 5.91 Å². The molecule has 7 N–H and O–H groups in total. The minimum Gasteiger partial charge on any atom is -0.475 e. The van der Waals surface area contributed by atoms with Gasteiger partial charge in [0.1, 0.15) is 5.69 Å². The normalized spacial score (nSPS) is 13.9. The summed E-state index contributed by atoms with van der Waals surface area (Å²) in [5.74, 6) is -2.74. The number of rotatable bonds is 6. The number of aromatic nitrogens is 3. The number of sulfone groups is 1. The van der Waals surface area contributed by atoms with Crippen molar-refractivity contribution in [1.82, 2.24) is 20.1 Å². The maximum Gasteiger partial charge on any atom is 0.490 e. The van der Waals surface area contributed by atoms with Gasteiger partial charge in [-0.1, -0.05) is 12.5 Å². The number of hydrogen-bond donors (Lipinski definition) is 5. The van der Waals surface area contributed by atoms with Gasteiger partial charge in [-0.05, 0) is 43.4 Å². The van der Waals surface area contributed by atoms with E-state index in [2.05, 4.69) is 15.5 Å². The maximum absolute atomic E-state index is 13.4. The van der Waals surface area contributed by atoms with Gasteiger partial charge >= 0.3 is 12.1 Å². The van der Waals surface area contributed by atoms with E-state index in [4.69, 9.17) is 21.4 Å². The first-order valence-corrected chi connectivity index (χ1v) is 13.2. The average Bonchev–Trinajstić information content (AvgIpc) is 3.18. The van der Waals surface area contributed by atoms with E-state index in [1.807, 2.05) is 0 Å². The molecule has 0 saturated heterocycles. The predicted octanol–water partition coefficient (Wildman–Crippen LogP) is 2.03. The number of nitrogens with one attached hydrogen (secondary N) is 2. The SMILES string of the molecule is CC(=O)NCc1ccc2[nH]nc(N)c2c1-n1c(C)cc(S(=O)(=O)CC2CCC2)c(N)c1=O.O=C(O)C(F)(F)F. The molecule has 0 radical (unpaired) electrons. The molecule has 3 aromatic rings. The number of carboxylic acids is 1. The highest BCUT2D eigenvalue weighted by Crippen LogP contribution is 2.33. The van der Waals surface area contributed by atoms with Gasteiger partial charge in [-0.2, -0.15) is 18.3 Å². The number of nitrogen functional groups attached to an aromatic ring is 2. The fraction of sp³-hybridized carbons (Fsp3) is 0.391. The highest BCUT2D eigenvalue weighted by atomic mass is 32.2. The molecule has 1 aliphatic rings. The number of aromatic amines is 1. The molecule has 12 nitrogen and oxygen atoms in total. The van der Waals surface area contributed by atoms with Gasteiger partial charge in [-0.25, -0.2) is 13.2 Å². The molecule has 4 rings (SSSR count). The fourth-order valence-corrected chi connectivity index (χ4v) is 6.00. The minimum absolute atomic E-state index is 0.0157. The number of carbonyl (C=O) groups excluding carboxylic acids is 1. The number of hydrogen-bond acceptors (Lipinski definition) is 8. The highest BCUT2D eigenvalue weighted by molar-refractivity contribution is 7.91. The number of fused-ring (bicyclic) bond motifs is 1. The lowest BCUT2D eigenvalue weighted by Crippen LogP contribution is -2.30. The van der Waals surface area contributed by atoms with Crippen LogP contribution in [0.15, 0.2) is 27.9 Å². The van der Waals surface area contributed by atoms with Crippen LogP contribution in [0.25, 0.3) is 16.6 Å². The molecule has 0 atom stereocenters. The molecule has 0 spiro atoms. The number of carbonyl (C=O) groups is 2. The highest BCUT2D eigenvalue weighted by Gasteiger charge is 2.38. The van der Waals surface area contributed by atoms with Gasteiger partial charge in [0.25, 0.3) is 5.56 Å². The lowest BCUT2D eigenvalue weighted by Gasteiger charge is -2.25. The zero-order chi connectivity index (χ0) is 29.3. The van der Waals surface area contributed by atoms with Crippen molar-refractivity contribution >= 4 is 44.1 Å². The summed E-state index contributed by atoms with van der Waals surface area (Å²) in [4.78, 5) is 33.7. The van der Waals surface area contributed by atoms with E-state index in [9.17, 15) is 31.2 Å². The smallest absolute Gasteiger partial charge is 0.475 e. The van der Waals surface area contributed by atoms with E-state index < -0.39 is 27.5 Å². The zero-order valence-electron chi connectivity index (χ0n) is 20.9. The van der Waals surface area contributed by atoms with E-state index in [1.54, 1.807) is 19.1 Å². The quantitative estimate of drug-likeness (QED) is 0.293. The van der Waals surface area contributed by atoms with E-state index in [0.717, 1.165) is 19.3 Å². The number of nitrogens with two attached hydrogens (primary N) is 2. The third-order valence-corrected chi connectivity index (χ3v) is 8.13. The minimum atomic E-state index is -5.08. The maximum atomic E-state index is 13.4. The summed E-state index contributed by atoms with van der Waals surface area (Å²) in [6.07, 6.45) is -2.34. The van der Waals surface area contributed by atoms with Gasteiger partial charge < -0.3 is 21.9 Å². The first-order valence-electron chi connectivity index (χ1n) is 11.6. The second-order valence-electron chi connectivity index (χ2n) is 9.10. The van der Waals surface area contributed by atoms with Crippen LogP contribution in [0.3, 0.4) is 0 Å². The van der Waals surface area contributed by atoms with Crippen LogP contribution >= 0.6 is 0 Å². The summed E-state index contributed by atoms with van der Waals surface area (Å²) in [6.45, 7) is 3.17. The molecule has 2 heterocycles. The van der Waals surface area contributed by atoms with E-state index in [-0.39, 0.29) is 40.5 Å². The molecular weight excluding hydrogens is 545 g/mol. The molecule has 1 aromatic carbocycles. The van der Waals surface area contributed by atoms with Crippen LogP contribution in [0.4, 0.5) is 24.7 Å². The number of carboxylic acid groups (broad SMARTS) is 1. The summed E-state index contributed by atoms with van der Waals surface area (Å²) in [6, 6.07) is 4.93. The van der Waals surface area contributed by atoms with Gasteiger partial charge in [-0.15, -0.1) is 0 Å². The number of H-pyrrole nitrogens is 1. The van der Waals surface area contributed by atoms with Gasteiger partial charge in [-0.3, -0.25) is 19.3 Å². The van der Waals surface area contributed by atoms with Crippen LogP contribution in [0.5, 0.6) is 0 Å². The van der Waals surface area contributed by atoms with Crippen LogP contribution in [0.1, 0.15) is 37.4 Å². The first-order chi connectivity index (χ1) is 18.0. The van der Waals surface area contributed by atoms with E-state index >= 15 is 0 Å². The Morgan fingerprint density at radius 1 is 1.26 bits per heavy atom. The van der Waals surface area contributed by atoms with Crippen LogP contribution in [0.2, 0.25) is 0 Å². The predicted molar refractivity (Wildman–Crippen MR) is 136 cm³/mol. The van der Waals surface area contributed by atoms with Crippen molar-refractivity contribution in [2.45, 2.75) is 50.7 Å². The topological polar surface area (TPSA) is 203 Å².